The van der Waals surface area contributed by atoms with Gasteiger partial charge >= 0.3 is 6.09 Å². The second-order valence-corrected chi connectivity index (χ2v) is 11.5. The van der Waals surface area contributed by atoms with Gasteiger partial charge in [0.15, 0.2) is 5.78 Å². The molecule has 10 heteroatoms. The van der Waals surface area contributed by atoms with Gasteiger partial charge in [-0.15, -0.1) is 0 Å². The highest BCUT2D eigenvalue weighted by atomic mass is 35.5. The van der Waals surface area contributed by atoms with E-state index in [4.69, 9.17) is 16.3 Å². The molecule has 0 aliphatic carbocycles. The first-order chi connectivity index (χ1) is 17.5. The van der Waals surface area contributed by atoms with Gasteiger partial charge < -0.3 is 20.1 Å². The van der Waals surface area contributed by atoms with Crippen molar-refractivity contribution in [2.24, 2.45) is 11.8 Å². The number of halogens is 2. The molecule has 204 valence electrons. The van der Waals surface area contributed by atoms with Gasteiger partial charge in [-0.05, 0) is 64.2 Å². The zero-order chi connectivity index (χ0) is 27.0. The predicted octanol–water partition coefficient (Wildman–Crippen LogP) is 3.92. The number of carbonyl (C=O) groups is 3. The van der Waals surface area contributed by atoms with Crippen LogP contribution in [0.1, 0.15) is 57.9 Å². The zero-order valence-corrected chi connectivity index (χ0v) is 22.5. The number of Topliss-reactive ketones (excluding diaryl/α,β-unsaturated/α-hetero) is 1. The average Bonchev–Trinajstić information content (AvgIpc) is 3.30. The maximum atomic E-state index is 14.4. The first-order valence-electron chi connectivity index (χ1n) is 13.1. The molecule has 3 atom stereocenters. The van der Waals surface area contributed by atoms with Crippen LogP contribution in [0.25, 0.3) is 0 Å². The van der Waals surface area contributed by atoms with Crippen molar-refractivity contribution in [2.45, 2.75) is 63.5 Å². The number of hydrogen-bond acceptors (Lipinski definition) is 5. The van der Waals surface area contributed by atoms with Gasteiger partial charge in [0, 0.05) is 57.1 Å². The predicted molar refractivity (Wildman–Crippen MR) is 137 cm³/mol. The van der Waals surface area contributed by atoms with Crippen molar-refractivity contribution >= 4 is 29.4 Å². The van der Waals surface area contributed by atoms with Gasteiger partial charge in [0.1, 0.15) is 11.4 Å². The number of amides is 2. The van der Waals surface area contributed by atoms with Gasteiger partial charge in [0.25, 0.3) is 0 Å². The lowest BCUT2D eigenvalue weighted by molar-refractivity contribution is -0.148. The van der Waals surface area contributed by atoms with E-state index in [1.165, 1.54) is 17.0 Å². The van der Waals surface area contributed by atoms with Crippen molar-refractivity contribution in [1.82, 2.24) is 15.1 Å². The molecular weight excluding hydrogens is 501 g/mol. The number of hydrogen-bond donors (Lipinski definition) is 2. The van der Waals surface area contributed by atoms with Crippen LogP contribution in [-0.4, -0.2) is 83.2 Å². The molecule has 3 aliphatic heterocycles. The lowest BCUT2D eigenvalue weighted by atomic mass is 9.71. The molecule has 8 nitrogen and oxygen atoms in total. The van der Waals surface area contributed by atoms with Crippen LogP contribution in [0.4, 0.5) is 9.18 Å². The molecular formula is C27H37ClFN3O5. The Morgan fingerprint density at radius 3 is 2.51 bits per heavy atom. The molecule has 37 heavy (non-hydrogen) atoms. The van der Waals surface area contributed by atoms with E-state index < -0.39 is 29.3 Å². The lowest BCUT2D eigenvalue weighted by Crippen LogP contribution is -2.63. The van der Waals surface area contributed by atoms with Crippen molar-refractivity contribution < 1.29 is 28.6 Å². The third-order valence-corrected chi connectivity index (χ3v) is 8.65. The minimum absolute atomic E-state index is 0.0258. The van der Waals surface area contributed by atoms with Gasteiger partial charge in [0.2, 0.25) is 5.91 Å². The van der Waals surface area contributed by atoms with Gasteiger partial charge in [0.05, 0.1) is 10.6 Å². The number of carboxylic acid groups (broad SMARTS) is 1. The van der Waals surface area contributed by atoms with Crippen LogP contribution in [-0.2, 0) is 14.3 Å². The van der Waals surface area contributed by atoms with E-state index in [1.54, 1.807) is 13.0 Å². The highest BCUT2D eigenvalue weighted by Crippen LogP contribution is 2.42. The van der Waals surface area contributed by atoms with E-state index in [9.17, 15) is 23.9 Å². The summed E-state index contributed by atoms with van der Waals surface area (Å²) in [6.07, 6.45) is 1.12. The summed E-state index contributed by atoms with van der Waals surface area (Å²) in [7, 11) is 0. The normalized spacial score (nSPS) is 28.2. The summed E-state index contributed by atoms with van der Waals surface area (Å²) in [5, 5.41) is 13.3. The second kappa shape index (κ2) is 10.9. The summed E-state index contributed by atoms with van der Waals surface area (Å²) in [6, 6.07) is 4.41. The molecule has 2 amide bonds. The Balaban J connectivity index is 1.55. The fourth-order valence-electron chi connectivity index (χ4n) is 6.50. The fourth-order valence-corrected chi connectivity index (χ4v) is 6.62. The number of ether oxygens (including phenoxy) is 1. The fraction of sp³-hybridized carbons (Fsp3) is 0.667. The summed E-state index contributed by atoms with van der Waals surface area (Å²) in [5.74, 6) is -1.71. The summed E-state index contributed by atoms with van der Waals surface area (Å²) < 4.78 is 20.1. The number of nitrogens with zero attached hydrogens (tertiary/aromatic N) is 2. The van der Waals surface area contributed by atoms with Crippen molar-refractivity contribution in [3.63, 3.8) is 0 Å². The van der Waals surface area contributed by atoms with Crippen molar-refractivity contribution in [1.29, 1.82) is 0 Å². The maximum absolute atomic E-state index is 14.4. The number of likely N-dealkylation sites (tertiary alicyclic amines) is 1. The SMILES string of the molecule is CCN(C(=O)O)[C@]1(C(=O)C2CCN(C(=O)C3CCOC(C)(C)C3)CC2)CNC[C@H]1c1ccc(Cl)c(F)c1. The van der Waals surface area contributed by atoms with Crippen molar-refractivity contribution in [3.8, 4) is 0 Å². The molecule has 3 aliphatic rings. The average molecular weight is 538 g/mol. The minimum Gasteiger partial charge on any atom is -0.465 e. The molecule has 4 rings (SSSR count). The number of carbonyl (C=O) groups excluding carboxylic acids is 2. The Kier molecular flexibility index (Phi) is 8.16. The standard InChI is InChI=1S/C27H37ClFN3O5/c1-4-32(25(35)36)27(16-30-15-20(27)18-5-6-21(28)22(29)13-18)23(33)17-7-10-31(11-8-17)24(34)19-9-12-37-26(2,3)14-19/h5-6,13,17,19-20,30H,4,7-12,14-16H2,1-3H3,(H,35,36)/t19?,20-,27+/m0/s1. The third-order valence-electron chi connectivity index (χ3n) is 8.34. The van der Waals surface area contributed by atoms with Gasteiger partial charge in [-0.1, -0.05) is 17.7 Å². The van der Waals surface area contributed by atoms with E-state index in [2.05, 4.69) is 5.32 Å². The van der Waals surface area contributed by atoms with Crippen LogP contribution in [0, 0.1) is 17.7 Å². The van der Waals surface area contributed by atoms with Crippen LogP contribution in [0.3, 0.4) is 0 Å². The quantitative estimate of drug-likeness (QED) is 0.571. The molecule has 3 fully saturated rings. The van der Waals surface area contributed by atoms with E-state index in [1.807, 2.05) is 18.7 Å². The van der Waals surface area contributed by atoms with Crippen LogP contribution in [0.15, 0.2) is 18.2 Å². The first kappa shape index (κ1) is 27.8. The van der Waals surface area contributed by atoms with Crippen LogP contribution in [0.2, 0.25) is 5.02 Å². The molecule has 0 bridgehead atoms. The molecule has 1 aromatic carbocycles. The number of likely N-dealkylation sites (N-methyl/N-ethyl adjacent to an activating group) is 1. The number of rotatable bonds is 6. The number of benzene rings is 1. The monoisotopic (exact) mass is 537 g/mol. The Morgan fingerprint density at radius 2 is 1.92 bits per heavy atom. The molecule has 2 N–H and O–H groups in total. The smallest absolute Gasteiger partial charge is 0.408 e. The largest absolute Gasteiger partial charge is 0.465 e. The van der Waals surface area contributed by atoms with Gasteiger partial charge in [-0.2, -0.15) is 0 Å². The second-order valence-electron chi connectivity index (χ2n) is 11.1. The number of piperidine rings is 1. The molecule has 0 aromatic heterocycles. The Morgan fingerprint density at radius 1 is 1.22 bits per heavy atom. The van der Waals surface area contributed by atoms with Crippen LogP contribution >= 0.6 is 11.6 Å². The highest BCUT2D eigenvalue weighted by Gasteiger charge is 2.57. The van der Waals surface area contributed by atoms with E-state index in [-0.39, 0.29) is 41.3 Å². The van der Waals surface area contributed by atoms with Crippen LogP contribution in [0.5, 0.6) is 0 Å². The Labute approximate surface area is 222 Å². The van der Waals surface area contributed by atoms with E-state index in [0.717, 1.165) is 0 Å². The van der Waals surface area contributed by atoms with E-state index >= 15 is 0 Å². The molecule has 1 unspecified atom stereocenters. The summed E-state index contributed by atoms with van der Waals surface area (Å²) in [5.41, 5.74) is -1.16. The third kappa shape index (κ3) is 5.36. The van der Waals surface area contributed by atoms with Gasteiger partial charge in [-0.25, -0.2) is 9.18 Å². The number of ketones is 1. The summed E-state index contributed by atoms with van der Waals surface area (Å²) >= 11 is 5.89. The van der Waals surface area contributed by atoms with Gasteiger partial charge in [-0.3, -0.25) is 14.5 Å². The summed E-state index contributed by atoms with van der Waals surface area (Å²) in [4.78, 5) is 42.9. The molecule has 3 heterocycles. The molecule has 0 spiro atoms. The number of nitrogens with one attached hydrogen (secondary N) is 1. The lowest BCUT2D eigenvalue weighted by Gasteiger charge is -2.45. The molecule has 0 radical (unpaired) electrons. The minimum atomic E-state index is -1.37. The maximum Gasteiger partial charge on any atom is 0.408 e. The Bertz CT molecular complexity index is 1040. The Hall–Kier alpha value is -2.23. The van der Waals surface area contributed by atoms with Crippen molar-refractivity contribution in [3.05, 3.63) is 34.6 Å². The van der Waals surface area contributed by atoms with Crippen molar-refractivity contribution in [2.75, 3.05) is 39.3 Å². The van der Waals surface area contributed by atoms with E-state index in [0.29, 0.717) is 57.5 Å². The zero-order valence-electron chi connectivity index (χ0n) is 21.8. The molecule has 0 saturated carbocycles. The molecule has 1 aromatic rings. The first-order valence-corrected chi connectivity index (χ1v) is 13.5. The van der Waals surface area contributed by atoms with Crippen LogP contribution < -0.4 is 5.32 Å². The summed E-state index contributed by atoms with van der Waals surface area (Å²) in [6.45, 7) is 7.78. The molecule has 3 saturated heterocycles. The topological polar surface area (TPSA) is 99.2 Å². The highest BCUT2D eigenvalue weighted by molar-refractivity contribution is 6.30.